The monoisotopic (exact) mass is 415 g/mol. The van der Waals surface area contributed by atoms with Crippen LogP contribution in [0.4, 0.5) is 0 Å². The maximum Gasteiger partial charge on any atom is 0.326 e. The minimum atomic E-state index is -1.00. The van der Waals surface area contributed by atoms with E-state index in [0.717, 1.165) is 23.3 Å². The molecule has 2 atom stereocenters. The number of carbonyl (C=O) groups is 3. The third kappa shape index (κ3) is 4.82. The molecule has 8 heteroatoms. The zero-order valence-electron chi connectivity index (χ0n) is 16.5. The number of carboxylic acids is 1. The number of nitrogens with zero attached hydrogens (tertiary/aromatic N) is 2. The van der Waals surface area contributed by atoms with E-state index in [0.29, 0.717) is 13.0 Å². The van der Waals surface area contributed by atoms with E-state index in [4.69, 9.17) is 0 Å². The lowest BCUT2D eigenvalue weighted by molar-refractivity contribution is -0.153. The molecule has 29 heavy (non-hydrogen) atoms. The molecule has 1 aliphatic rings. The smallest absolute Gasteiger partial charge is 0.326 e. The standard InChI is InChI=1S/C21H25N3O4S/c1-13(2)17(20(26)24-11-7-6-10-15(24)21(27)28)23-18(25)19-22-12-16(29-19)14-8-4-3-5-9-14/h3-5,8-9,12-13,15,17H,6-7,10-11H2,1-2H3,(H,23,25)(H,27,28)/t15-,17-/m0/s1. The van der Waals surface area contributed by atoms with Crippen LogP contribution in [0.1, 0.15) is 42.9 Å². The Balaban J connectivity index is 1.75. The van der Waals surface area contributed by atoms with Gasteiger partial charge in [-0.3, -0.25) is 9.59 Å². The van der Waals surface area contributed by atoms with Gasteiger partial charge in [0, 0.05) is 12.7 Å². The topological polar surface area (TPSA) is 99.6 Å². The van der Waals surface area contributed by atoms with Crippen molar-refractivity contribution in [3.63, 3.8) is 0 Å². The van der Waals surface area contributed by atoms with Crippen molar-refractivity contribution in [2.75, 3.05) is 6.54 Å². The molecule has 2 aromatic rings. The summed E-state index contributed by atoms with van der Waals surface area (Å²) in [4.78, 5) is 43.9. The predicted molar refractivity (Wildman–Crippen MR) is 111 cm³/mol. The van der Waals surface area contributed by atoms with Crippen LogP contribution < -0.4 is 5.32 Å². The summed E-state index contributed by atoms with van der Waals surface area (Å²) in [5.74, 6) is -1.95. The zero-order valence-corrected chi connectivity index (χ0v) is 17.3. The molecular formula is C21H25N3O4S. The number of nitrogens with one attached hydrogen (secondary N) is 1. The van der Waals surface area contributed by atoms with E-state index in [2.05, 4.69) is 10.3 Å². The van der Waals surface area contributed by atoms with Gasteiger partial charge in [0.2, 0.25) is 5.91 Å². The first kappa shape index (κ1) is 21.0. The van der Waals surface area contributed by atoms with E-state index in [1.807, 2.05) is 44.2 Å². The molecule has 1 saturated heterocycles. The molecule has 1 aromatic carbocycles. The average Bonchev–Trinajstić information content (AvgIpc) is 3.22. The van der Waals surface area contributed by atoms with Gasteiger partial charge in [0.25, 0.3) is 5.91 Å². The Morgan fingerprint density at radius 1 is 1.21 bits per heavy atom. The molecule has 7 nitrogen and oxygen atoms in total. The van der Waals surface area contributed by atoms with Crippen molar-refractivity contribution in [1.82, 2.24) is 15.2 Å². The van der Waals surface area contributed by atoms with Crippen molar-refractivity contribution in [2.45, 2.75) is 45.2 Å². The Labute approximate surface area is 173 Å². The number of carboxylic acid groups (broad SMARTS) is 1. The number of carbonyl (C=O) groups excluding carboxylic acids is 2. The third-order valence-electron chi connectivity index (χ3n) is 5.05. The number of benzene rings is 1. The molecule has 2 N–H and O–H groups in total. The number of aromatic nitrogens is 1. The van der Waals surface area contributed by atoms with Gasteiger partial charge in [-0.2, -0.15) is 0 Å². The van der Waals surface area contributed by atoms with Gasteiger partial charge in [0.15, 0.2) is 5.01 Å². The zero-order chi connectivity index (χ0) is 21.0. The first-order chi connectivity index (χ1) is 13.9. The molecule has 3 rings (SSSR count). The van der Waals surface area contributed by atoms with Crippen LogP contribution in [0.15, 0.2) is 36.5 Å². The lowest BCUT2D eigenvalue weighted by atomic mass is 9.97. The molecule has 154 valence electrons. The molecule has 0 bridgehead atoms. The fourth-order valence-corrected chi connectivity index (χ4v) is 4.29. The summed E-state index contributed by atoms with van der Waals surface area (Å²) in [5, 5.41) is 12.5. The fraction of sp³-hybridized carbons (Fsp3) is 0.429. The van der Waals surface area contributed by atoms with Crippen molar-refractivity contribution in [3.8, 4) is 10.4 Å². The molecular weight excluding hydrogens is 390 g/mol. The van der Waals surface area contributed by atoms with Crippen LogP contribution in [-0.2, 0) is 9.59 Å². The predicted octanol–water partition coefficient (Wildman–Crippen LogP) is 3.03. The Kier molecular flexibility index (Phi) is 6.64. The number of likely N-dealkylation sites (tertiary alicyclic amines) is 1. The highest BCUT2D eigenvalue weighted by Gasteiger charge is 2.37. The number of thiazole rings is 1. The molecule has 1 aromatic heterocycles. The molecule has 0 spiro atoms. The summed E-state index contributed by atoms with van der Waals surface area (Å²) in [6.45, 7) is 4.06. The van der Waals surface area contributed by atoms with E-state index in [9.17, 15) is 19.5 Å². The quantitative estimate of drug-likeness (QED) is 0.755. The number of piperidine rings is 1. The number of hydrogen-bond acceptors (Lipinski definition) is 5. The molecule has 0 radical (unpaired) electrons. The van der Waals surface area contributed by atoms with E-state index in [-0.39, 0.29) is 16.8 Å². The van der Waals surface area contributed by atoms with Crippen molar-refractivity contribution in [2.24, 2.45) is 5.92 Å². The van der Waals surface area contributed by atoms with E-state index in [1.165, 1.54) is 16.2 Å². The Hall–Kier alpha value is -2.74. The summed E-state index contributed by atoms with van der Waals surface area (Å²) in [6, 6.07) is 8.00. The van der Waals surface area contributed by atoms with Crippen LogP contribution in [0.2, 0.25) is 0 Å². The molecule has 1 fully saturated rings. The first-order valence-electron chi connectivity index (χ1n) is 9.74. The SMILES string of the molecule is CC(C)[C@H](NC(=O)c1ncc(-c2ccccc2)s1)C(=O)N1CCCC[C@H]1C(=O)O. The largest absolute Gasteiger partial charge is 0.480 e. The van der Waals surface area contributed by atoms with Gasteiger partial charge >= 0.3 is 5.97 Å². The highest BCUT2D eigenvalue weighted by atomic mass is 32.1. The maximum absolute atomic E-state index is 13.1. The Morgan fingerprint density at radius 2 is 1.93 bits per heavy atom. The van der Waals surface area contributed by atoms with Crippen LogP contribution in [-0.4, -0.2) is 51.4 Å². The molecule has 0 saturated carbocycles. The minimum absolute atomic E-state index is 0.184. The lowest BCUT2D eigenvalue weighted by Gasteiger charge is -2.36. The second kappa shape index (κ2) is 9.17. The molecule has 2 amide bonds. The van der Waals surface area contributed by atoms with Crippen molar-refractivity contribution in [1.29, 1.82) is 0 Å². The highest BCUT2D eigenvalue weighted by molar-refractivity contribution is 7.17. The molecule has 0 unspecified atom stereocenters. The van der Waals surface area contributed by atoms with E-state index < -0.39 is 24.0 Å². The minimum Gasteiger partial charge on any atom is -0.480 e. The van der Waals surface area contributed by atoms with Gasteiger partial charge in [0.05, 0.1) is 4.88 Å². The molecule has 0 aliphatic carbocycles. The Bertz CT molecular complexity index is 881. The van der Waals surface area contributed by atoms with Gasteiger partial charge in [0.1, 0.15) is 12.1 Å². The second-order valence-corrected chi connectivity index (χ2v) is 8.50. The first-order valence-corrected chi connectivity index (χ1v) is 10.6. The molecule has 2 heterocycles. The number of aliphatic carboxylic acids is 1. The Morgan fingerprint density at radius 3 is 2.59 bits per heavy atom. The van der Waals surface area contributed by atoms with E-state index in [1.54, 1.807) is 6.20 Å². The average molecular weight is 416 g/mol. The van der Waals surface area contributed by atoms with Gasteiger partial charge < -0.3 is 15.3 Å². The maximum atomic E-state index is 13.1. The van der Waals surface area contributed by atoms with Gasteiger partial charge in [-0.1, -0.05) is 44.2 Å². The summed E-state index contributed by atoms with van der Waals surface area (Å²) >= 11 is 1.26. The van der Waals surface area contributed by atoms with Gasteiger partial charge in [-0.15, -0.1) is 11.3 Å². The van der Waals surface area contributed by atoms with Gasteiger partial charge in [-0.25, -0.2) is 9.78 Å². The van der Waals surface area contributed by atoms with Crippen LogP contribution in [0.3, 0.4) is 0 Å². The lowest BCUT2D eigenvalue weighted by Crippen LogP contribution is -2.57. The van der Waals surface area contributed by atoms with Crippen molar-refractivity contribution >= 4 is 29.1 Å². The number of hydrogen-bond donors (Lipinski definition) is 2. The van der Waals surface area contributed by atoms with Crippen LogP contribution >= 0.6 is 11.3 Å². The van der Waals surface area contributed by atoms with E-state index >= 15 is 0 Å². The summed E-state index contributed by atoms with van der Waals surface area (Å²) in [7, 11) is 0. The van der Waals surface area contributed by atoms with Crippen LogP contribution in [0.5, 0.6) is 0 Å². The van der Waals surface area contributed by atoms with Crippen LogP contribution in [0.25, 0.3) is 10.4 Å². The van der Waals surface area contributed by atoms with Crippen molar-refractivity contribution < 1.29 is 19.5 Å². The highest BCUT2D eigenvalue weighted by Crippen LogP contribution is 2.26. The second-order valence-electron chi connectivity index (χ2n) is 7.47. The van der Waals surface area contributed by atoms with Crippen LogP contribution in [0, 0.1) is 5.92 Å². The number of amides is 2. The summed E-state index contributed by atoms with van der Waals surface area (Å²) in [6.07, 6.45) is 3.63. The fourth-order valence-electron chi connectivity index (χ4n) is 3.46. The summed E-state index contributed by atoms with van der Waals surface area (Å²) in [5.41, 5.74) is 0.971. The number of rotatable bonds is 6. The third-order valence-corrected chi connectivity index (χ3v) is 6.09. The van der Waals surface area contributed by atoms with Crippen molar-refractivity contribution in [3.05, 3.63) is 41.5 Å². The summed E-state index contributed by atoms with van der Waals surface area (Å²) < 4.78 is 0. The molecule has 1 aliphatic heterocycles. The normalized spacial score (nSPS) is 17.8. The van der Waals surface area contributed by atoms with Gasteiger partial charge in [-0.05, 0) is 30.7 Å².